The van der Waals surface area contributed by atoms with Gasteiger partial charge in [-0.05, 0) is 24.1 Å². The van der Waals surface area contributed by atoms with E-state index in [0.29, 0.717) is 13.0 Å². The molecule has 0 fully saturated rings. The summed E-state index contributed by atoms with van der Waals surface area (Å²) in [6, 6.07) is 15.1. The van der Waals surface area contributed by atoms with Crippen LogP contribution in [0.3, 0.4) is 0 Å². The van der Waals surface area contributed by atoms with Crippen LogP contribution < -0.4 is 5.73 Å². The average molecular weight is 320 g/mol. The second-order valence-corrected chi connectivity index (χ2v) is 5.13. The molecule has 2 aromatic rings. The maximum atomic E-state index is 12.2. The Morgan fingerprint density at radius 2 is 1.86 bits per heavy atom. The van der Waals surface area contributed by atoms with Gasteiger partial charge in [-0.15, -0.1) is 12.4 Å². The van der Waals surface area contributed by atoms with Crippen LogP contribution in [0.15, 0.2) is 54.7 Å². The zero-order valence-electron chi connectivity index (χ0n) is 12.7. The van der Waals surface area contributed by atoms with Crippen LogP contribution in [-0.2, 0) is 17.6 Å². The molecule has 0 bridgehead atoms. The fraction of sp³-hybridized carbons (Fsp3) is 0.294. The maximum absolute atomic E-state index is 12.2. The molecule has 1 heterocycles. The van der Waals surface area contributed by atoms with Crippen molar-refractivity contribution < 1.29 is 4.79 Å². The monoisotopic (exact) mass is 319 g/mol. The first-order valence-corrected chi connectivity index (χ1v) is 7.11. The molecule has 118 valence electrons. The predicted octanol–water partition coefficient (Wildman–Crippen LogP) is 2.07. The SMILES string of the molecule is CN(CCc1ccccn1)C(=O)C(N)Cc1ccccc1.Cl. The highest BCUT2D eigenvalue weighted by molar-refractivity contribution is 5.85. The molecular weight excluding hydrogens is 298 g/mol. The molecule has 5 heteroatoms. The van der Waals surface area contributed by atoms with E-state index >= 15 is 0 Å². The van der Waals surface area contributed by atoms with E-state index in [1.54, 1.807) is 18.1 Å². The highest BCUT2D eigenvalue weighted by atomic mass is 35.5. The van der Waals surface area contributed by atoms with Crippen LogP contribution in [0.25, 0.3) is 0 Å². The average Bonchev–Trinajstić information content (AvgIpc) is 2.53. The minimum Gasteiger partial charge on any atom is -0.344 e. The first-order valence-electron chi connectivity index (χ1n) is 7.11. The number of hydrogen-bond donors (Lipinski definition) is 1. The van der Waals surface area contributed by atoms with E-state index in [9.17, 15) is 4.79 Å². The van der Waals surface area contributed by atoms with Gasteiger partial charge >= 0.3 is 0 Å². The maximum Gasteiger partial charge on any atom is 0.239 e. The molecule has 0 saturated heterocycles. The van der Waals surface area contributed by atoms with E-state index in [-0.39, 0.29) is 18.3 Å². The Labute approximate surface area is 137 Å². The standard InChI is InChI=1S/C17H21N3O.ClH/c1-20(12-10-15-9-5-6-11-19-15)17(21)16(18)13-14-7-3-2-4-8-14;/h2-9,11,16H,10,12-13,18H2,1H3;1H. The van der Waals surface area contributed by atoms with Gasteiger partial charge in [0, 0.05) is 31.9 Å². The van der Waals surface area contributed by atoms with Crippen molar-refractivity contribution >= 4 is 18.3 Å². The molecule has 0 aliphatic heterocycles. The Morgan fingerprint density at radius 3 is 2.50 bits per heavy atom. The number of halogens is 1. The van der Waals surface area contributed by atoms with Crippen LogP contribution in [0.5, 0.6) is 0 Å². The Balaban J connectivity index is 0.00000242. The topological polar surface area (TPSA) is 59.2 Å². The van der Waals surface area contributed by atoms with Gasteiger partial charge in [0.1, 0.15) is 0 Å². The van der Waals surface area contributed by atoms with E-state index in [1.807, 2.05) is 48.5 Å². The lowest BCUT2D eigenvalue weighted by atomic mass is 10.1. The Kier molecular flexibility index (Phi) is 7.57. The number of hydrogen-bond acceptors (Lipinski definition) is 3. The molecule has 0 aliphatic rings. The Bertz CT molecular complexity index is 563. The number of aromatic nitrogens is 1. The van der Waals surface area contributed by atoms with Crippen molar-refractivity contribution in [3.05, 3.63) is 66.0 Å². The molecule has 1 unspecified atom stereocenters. The highest BCUT2D eigenvalue weighted by Gasteiger charge is 2.18. The van der Waals surface area contributed by atoms with E-state index < -0.39 is 6.04 Å². The van der Waals surface area contributed by atoms with Gasteiger partial charge in [0.2, 0.25) is 5.91 Å². The molecule has 0 spiro atoms. The number of pyridine rings is 1. The molecular formula is C17H22ClN3O. The number of nitrogens with two attached hydrogens (primary N) is 1. The summed E-state index contributed by atoms with van der Waals surface area (Å²) in [5.41, 5.74) is 8.07. The van der Waals surface area contributed by atoms with Crippen LogP contribution in [-0.4, -0.2) is 35.4 Å². The van der Waals surface area contributed by atoms with E-state index in [1.165, 1.54) is 0 Å². The van der Waals surface area contributed by atoms with Crippen molar-refractivity contribution in [2.75, 3.05) is 13.6 Å². The van der Waals surface area contributed by atoms with Crippen molar-refractivity contribution in [1.82, 2.24) is 9.88 Å². The summed E-state index contributed by atoms with van der Waals surface area (Å²) in [4.78, 5) is 18.2. The molecule has 4 nitrogen and oxygen atoms in total. The first-order chi connectivity index (χ1) is 10.2. The van der Waals surface area contributed by atoms with E-state index in [4.69, 9.17) is 5.73 Å². The summed E-state index contributed by atoms with van der Waals surface area (Å²) in [6.07, 6.45) is 3.06. The van der Waals surface area contributed by atoms with E-state index in [0.717, 1.165) is 17.7 Å². The fourth-order valence-corrected chi connectivity index (χ4v) is 2.18. The minimum absolute atomic E-state index is 0. The number of rotatable bonds is 6. The zero-order chi connectivity index (χ0) is 15.1. The third-order valence-corrected chi connectivity index (χ3v) is 3.42. The van der Waals surface area contributed by atoms with E-state index in [2.05, 4.69) is 4.98 Å². The molecule has 1 aromatic heterocycles. The van der Waals surface area contributed by atoms with Crippen molar-refractivity contribution in [3.63, 3.8) is 0 Å². The molecule has 2 rings (SSSR count). The fourth-order valence-electron chi connectivity index (χ4n) is 2.18. The summed E-state index contributed by atoms with van der Waals surface area (Å²) in [5, 5.41) is 0. The molecule has 0 radical (unpaired) electrons. The van der Waals surface area contributed by atoms with Crippen molar-refractivity contribution in [1.29, 1.82) is 0 Å². The molecule has 0 saturated carbocycles. The van der Waals surface area contributed by atoms with Gasteiger partial charge in [0.25, 0.3) is 0 Å². The van der Waals surface area contributed by atoms with Gasteiger partial charge in [-0.25, -0.2) is 0 Å². The number of likely N-dealkylation sites (N-methyl/N-ethyl adjacent to an activating group) is 1. The Morgan fingerprint density at radius 1 is 1.18 bits per heavy atom. The smallest absolute Gasteiger partial charge is 0.239 e. The van der Waals surface area contributed by atoms with Gasteiger partial charge in [-0.2, -0.15) is 0 Å². The van der Waals surface area contributed by atoms with Gasteiger partial charge in [-0.3, -0.25) is 9.78 Å². The molecule has 22 heavy (non-hydrogen) atoms. The van der Waals surface area contributed by atoms with Crippen LogP contribution in [0.2, 0.25) is 0 Å². The molecule has 1 aromatic carbocycles. The minimum atomic E-state index is -0.499. The number of amides is 1. The van der Waals surface area contributed by atoms with Gasteiger partial charge in [0.05, 0.1) is 6.04 Å². The van der Waals surface area contributed by atoms with Gasteiger partial charge in [0.15, 0.2) is 0 Å². The summed E-state index contributed by atoms with van der Waals surface area (Å²) in [7, 11) is 1.79. The third-order valence-electron chi connectivity index (χ3n) is 3.42. The summed E-state index contributed by atoms with van der Waals surface area (Å²) in [6.45, 7) is 0.623. The van der Waals surface area contributed by atoms with Crippen LogP contribution in [0.1, 0.15) is 11.3 Å². The lowest BCUT2D eigenvalue weighted by molar-refractivity contribution is -0.131. The third kappa shape index (κ3) is 5.47. The number of carbonyl (C=O) groups is 1. The number of nitrogens with zero attached hydrogens (tertiary/aromatic N) is 2. The quantitative estimate of drug-likeness (QED) is 0.886. The largest absolute Gasteiger partial charge is 0.344 e. The van der Waals surface area contributed by atoms with Crippen LogP contribution >= 0.6 is 12.4 Å². The Hall–Kier alpha value is -1.91. The second kappa shape index (κ2) is 9.18. The van der Waals surface area contributed by atoms with Crippen LogP contribution in [0, 0.1) is 0 Å². The molecule has 2 N–H and O–H groups in total. The zero-order valence-corrected chi connectivity index (χ0v) is 13.5. The van der Waals surface area contributed by atoms with Crippen LogP contribution in [0.4, 0.5) is 0 Å². The summed E-state index contributed by atoms with van der Waals surface area (Å²) < 4.78 is 0. The normalized spacial score (nSPS) is 11.4. The molecule has 0 aliphatic carbocycles. The van der Waals surface area contributed by atoms with Crippen molar-refractivity contribution in [2.45, 2.75) is 18.9 Å². The van der Waals surface area contributed by atoms with Gasteiger partial charge in [-0.1, -0.05) is 36.4 Å². The van der Waals surface area contributed by atoms with Crippen molar-refractivity contribution in [2.24, 2.45) is 5.73 Å². The summed E-state index contributed by atoms with van der Waals surface area (Å²) in [5.74, 6) is -0.0326. The highest BCUT2D eigenvalue weighted by Crippen LogP contribution is 2.04. The summed E-state index contributed by atoms with van der Waals surface area (Å²) >= 11 is 0. The molecule has 1 amide bonds. The number of carbonyl (C=O) groups excluding carboxylic acids is 1. The number of benzene rings is 1. The molecule has 1 atom stereocenters. The lowest BCUT2D eigenvalue weighted by Crippen LogP contribution is -2.43. The predicted molar refractivity (Wildman–Crippen MR) is 90.9 cm³/mol. The lowest BCUT2D eigenvalue weighted by Gasteiger charge is -2.21. The second-order valence-electron chi connectivity index (χ2n) is 5.13. The first kappa shape index (κ1) is 18.1. The van der Waals surface area contributed by atoms with Gasteiger partial charge < -0.3 is 10.6 Å². The van der Waals surface area contributed by atoms with Crippen molar-refractivity contribution in [3.8, 4) is 0 Å².